The van der Waals surface area contributed by atoms with Crippen molar-refractivity contribution in [3.63, 3.8) is 0 Å². The summed E-state index contributed by atoms with van der Waals surface area (Å²) < 4.78 is 2.08. The van der Waals surface area contributed by atoms with Gasteiger partial charge in [0.2, 0.25) is 0 Å². The third-order valence-electron chi connectivity index (χ3n) is 1.99. The van der Waals surface area contributed by atoms with E-state index in [-0.39, 0.29) is 0 Å². The standard InChI is InChI=1S/C9H10BrN3S/c1-7-9(14-6-12-7)4-13-3-8(2-10)11-5-13/h3,5-6H,2,4H2,1H3. The molecule has 0 saturated carbocycles. The number of hydrogen-bond donors (Lipinski definition) is 0. The summed E-state index contributed by atoms with van der Waals surface area (Å²) in [5.74, 6) is 0. The largest absolute Gasteiger partial charge is 0.332 e. The van der Waals surface area contributed by atoms with E-state index in [0.29, 0.717) is 0 Å². The second-order valence-corrected chi connectivity index (χ2v) is 4.53. The molecule has 0 aliphatic carbocycles. The predicted octanol–water partition coefficient (Wildman–Crippen LogP) is 2.59. The summed E-state index contributed by atoms with van der Waals surface area (Å²) in [5.41, 5.74) is 4.06. The highest BCUT2D eigenvalue weighted by atomic mass is 79.9. The van der Waals surface area contributed by atoms with E-state index in [1.165, 1.54) is 4.88 Å². The molecule has 0 aliphatic rings. The number of rotatable bonds is 3. The van der Waals surface area contributed by atoms with Gasteiger partial charge in [-0.2, -0.15) is 0 Å². The molecule has 0 bridgehead atoms. The first-order valence-electron chi connectivity index (χ1n) is 4.25. The summed E-state index contributed by atoms with van der Waals surface area (Å²) >= 11 is 5.07. The van der Waals surface area contributed by atoms with Gasteiger partial charge in [0.15, 0.2) is 0 Å². The molecule has 2 rings (SSSR count). The van der Waals surface area contributed by atoms with Gasteiger partial charge < -0.3 is 4.57 Å². The number of aryl methyl sites for hydroxylation is 1. The zero-order valence-electron chi connectivity index (χ0n) is 7.77. The van der Waals surface area contributed by atoms with Gasteiger partial charge in [0.1, 0.15) is 0 Å². The van der Waals surface area contributed by atoms with Crippen molar-refractivity contribution in [1.29, 1.82) is 0 Å². The second-order valence-electron chi connectivity index (χ2n) is 3.03. The topological polar surface area (TPSA) is 30.7 Å². The van der Waals surface area contributed by atoms with Crippen molar-refractivity contribution in [2.45, 2.75) is 18.8 Å². The molecule has 2 aromatic heterocycles. The molecular formula is C9H10BrN3S. The van der Waals surface area contributed by atoms with Crippen LogP contribution in [-0.4, -0.2) is 14.5 Å². The van der Waals surface area contributed by atoms with Crippen LogP contribution in [0.4, 0.5) is 0 Å². The smallest absolute Gasteiger partial charge is 0.0953 e. The van der Waals surface area contributed by atoms with Gasteiger partial charge in [-0.25, -0.2) is 9.97 Å². The van der Waals surface area contributed by atoms with Gasteiger partial charge in [0.05, 0.1) is 29.8 Å². The lowest BCUT2D eigenvalue weighted by atomic mass is 10.4. The molecular weight excluding hydrogens is 262 g/mol. The first kappa shape index (κ1) is 9.86. The summed E-state index contributed by atoms with van der Waals surface area (Å²) in [7, 11) is 0. The molecule has 0 atom stereocenters. The molecule has 0 unspecified atom stereocenters. The molecule has 0 amide bonds. The molecule has 0 N–H and O–H groups in total. The van der Waals surface area contributed by atoms with Gasteiger partial charge in [-0.1, -0.05) is 15.9 Å². The number of nitrogens with zero attached hydrogens (tertiary/aromatic N) is 3. The summed E-state index contributed by atoms with van der Waals surface area (Å²) in [4.78, 5) is 9.76. The third-order valence-corrected chi connectivity index (χ3v) is 3.49. The van der Waals surface area contributed by atoms with Gasteiger partial charge >= 0.3 is 0 Å². The number of imidazole rings is 1. The Morgan fingerprint density at radius 2 is 2.36 bits per heavy atom. The lowest BCUT2D eigenvalue weighted by molar-refractivity contribution is 0.801. The zero-order valence-corrected chi connectivity index (χ0v) is 10.2. The molecule has 3 nitrogen and oxygen atoms in total. The normalized spacial score (nSPS) is 10.7. The highest BCUT2D eigenvalue weighted by Gasteiger charge is 2.03. The first-order chi connectivity index (χ1) is 6.79. The van der Waals surface area contributed by atoms with Crippen molar-refractivity contribution < 1.29 is 0 Å². The molecule has 0 aliphatic heterocycles. The fourth-order valence-electron chi connectivity index (χ4n) is 1.21. The maximum absolute atomic E-state index is 4.25. The molecule has 5 heteroatoms. The Morgan fingerprint density at radius 1 is 1.50 bits per heavy atom. The molecule has 0 saturated heterocycles. The van der Waals surface area contributed by atoms with E-state index >= 15 is 0 Å². The van der Waals surface area contributed by atoms with Crippen molar-refractivity contribution in [3.05, 3.63) is 34.3 Å². The monoisotopic (exact) mass is 271 g/mol. The van der Waals surface area contributed by atoms with E-state index in [1.54, 1.807) is 11.3 Å². The van der Waals surface area contributed by atoms with Crippen LogP contribution in [0.1, 0.15) is 16.3 Å². The van der Waals surface area contributed by atoms with E-state index in [4.69, 9.17) is 0 Å². The van der Waals surface area contributed by atoms with Crippen LogP contribution in [0.2, 0.25) is 0 Å². The molecule has 0 radical (unpaired) electrons. The fourth-order valence-corrected chi connectivity index (χ4v) is 2.28. The minimum absolute atomic E-state index is 0.807. The van der Waals surface area contributed by atoms with Crippen LogP contribution < -0.4 is 0 Å². The van der Waals surface area contributed by atoms with E-state index in [0.717, 1.165) is 23.3 Å². The number of aromatic nitrogens is 3. The van der Waals surface area contributed by atoms with E-state index < -0.39 is 0 Å². The Hall–Kier alpha value is -0.680. The molecule has 74 valence electrons. The summed E-state index contributed by atoms with van der Waals surface area (Å²) in [5, 5.41) is 0.807. The lowest BCUT2D eigenvalue weighted by Crippen LogP contribution is -1.95. The van der Waals surface area contributed by atoms with Gasteiger partial charge in [0.25, 0.3) is 0 Å². The van der Waals surface area contributed by atoms with E-state index in [1.807, 2.05) is 25.0 Å². The lowest BCUT2D eigenvalue weighted by Gasteiger charge is -1.98. The number of alkyl halides is 1. The Kier molecular flexibility index (Phi) is 2.98. The molecule has 2 heterocycles. The highest BCUT2D eigenvalue weighted by Crippen LogP contribution is 2.14. The summed E-state index contributed by atoms with van der Waals surface area (Å²) in [6, 6.07) is 0. The van der Waals surface area contributed by atoms with Crippen molar-refractivity contribution in [2.24, 2.45) is 0 Å². The van der Waals surface area contributed by atoms with Crippen LogP contribution in [0.15, 0.2) is 18.0 Å². The number of thiazole rings is 1. The van der Waals surface area contributed by atoms with Crippen LogP contribution in [0.5, 0.6) is 0 Å². The Morgan fingerprint density at radius 3 is 2.93 bits per heavy atom. The molecule has 14 heavy (non-hydrogen) atoms. The summed E-state index contributed by atoms with van der Waals surface area (Å²) in [6.07, 6.45) is 3.91. The molecule has 2 aromatic rings. The van der Waals surface area contributed by atoms with Gasteiger partial charge in [0, 0.05) is 16.4 Å². The van der Waals surface area contributed by atoms with Crippen LogP contribution in [0.25, 0.3) is 0 Å². The fraction of sp³-hybridized carbons (Fsp3) is 0.333. The Balaban J connectivity index is 2.15. The maximum Gasteiger partial charge on any atom is 0.0953 e. The zero-order chi connectivity index (χ0) is 9.97. The molecule has 0 fully saturated rings. The quantitative estimate of drug-likeness (QED) is 0.804. The van der Waals surface area contributed by atoms with Crippen molar-refractivity contribution in [2.75, 3.05) is 0 Å². The van der Waals surface area contributed by atoms with Crippen LogP contribution in [0, 0.1) is 6.92 Å². The minimum atomic E-state index is 0.807. The SMILES string of the molecule is Cc1ncsc1Cn1cnc(CBr)c1. The van der Waals surface area contributed by atoms with Crippen molar-refractivity contribution >= 4 is 27.3 Å². The third kappa shape index (κ3) is 2.04. The number of halogens is 1. The van der Waals surface area contributed by atoms with Gasteiger partial charge in [-0.15, -0.1) is 11.3 Å². The average Bonchev–Trinajstić information content (AvgIpc) is 2.77. The van der Waals surface area contributed by atoms with E-state index in [9.17, 15) is 0 Å². The highest BCUT2D eigenvalue weighted by molar-refractivity contribution is 9.08. The van der Waals surface area contributed by atoms with Gasteiger partial charge in [-0.05, 0) is 6.92 Å². The summed E-state index contributed by atoms with van der Waals surface area (Å²) in [6.45, 7) is 2.91. The van der Waals surface area contributed by atoms with Crippen LogP contribution in [0.3, 0.4) is 0 Å². The van der Waals surface area contributed by atoms with Crippen molar-refractivity contribution in [3.8, 4) is 0 Å². The Bertz CT molecular complexity index is 421. The van der Waals surface area contributed by atoms with Crippen LogP contribution in [-0.2, 0) is 11.9 Å². The second kappa shape index (κ2) is 4.23. The Labute approximate surface area is 94.9 Å². The van der Waals surface area contributed by atoms with E-state index in [2.05, 4.69) is 30.5 Å². The van der Waals surface area contributed by atoms with Crippen molar-refractivity contribution in [1.82, 2.24) is 14.5 Å². The first-order valence-corrected chi connectivity index (χ1v) is 6.25. The number of hydrogen-bond acceptors (Lipinski definition) is 3. The predicted molar refractivity (Wildman–Crippen MR) is 60.8 cm³/mol. The molecule has 0 spiro atoms. The average molecular weight is 272 g/mol. The van der Waals surface area contributed by atoms with Crippen LogP contribution >= 0.6 is 27.3 Å². The maximum atomic E-state index is 4.25. The minimum Gasteiger partial charge on any atom is -0.332 e. The van der Waals surface area contributed by atoms with Gasteiger partial charge in [-0.3, -0.25) is 0 Å². The molecule has 0 aromatic carbocycles.